The Kier molecular flexibility index (Phi) is 3.06. The predicted octanol–water partition coefficient (Wildman–Crippen LogP) is 2.69. The molecule has 112 valence electrons. The Bertz CT molecular complexity index is 889. The molecule has 22 heavy (non-hydrogen) atoms. The van der Waals surface area contributed by atoms with Crippen LogP contribution in [0.15, 0.2) is 29.1 Å². The second-order valence-corrected chi connectivity index (χ2v) is 5.78. The van der Waals surface area contributed by atoms with Crippen molar-refractivity contribution in [3.8, 4) is 11.4 Å². The van der Waals surface area contributed by atoms with Crippen molar-refractivity contribution in [3.63, 3.8) is 0 Å². The van der Waals surface area contributed by atoms with E-state index in [0.29, 0.717) is 17.0 Å². The average molecular weight is 294 g/mol. The first kappa shape index (κ1) is 13.2. The summed E-state index contributed by atoms with van der Waals surface area (Å²) in [5.41, 5.74) is 3.30. The minimum Gasteiger partial charge on any atom is -0.322 e. The molecular weight excluding hydrogens is 276 g/mol. The topological polar surface area (TPSA) is 63.6 Å². The van der Waals surface area contributed by atoms with Crippen LogP contribution in [0.2, 0.25) is 0 Å². The van der Waals surface area contributed by atoms with Crippen molar-refractivity contribution in [2.45, 2.75) is 39.2 Å². The summed E-state index contributed by atoms with van der Waals surface area (Å²) in [5, 5.41) is 0. The summed E-state index contributed by atoms with van der Waals surface area (Å²) in [6.07, 6.45) is 4.01. The van der Waals surface area contributed by atoms with Gasteiger partial charge in [0, 0.05) is 18.5 Å². The minimum atomic E-state index is -0.0209. The highest BCUT2D eigenvalue weighted by Gasteiger charge is 2.17. The summed E-state index contributed by atoms with van der Waals surface area (Å²) >= 11 is 0. The number of imidazole rings is 1. The van der Waals surface area contributed by atoms with Crippen LogP contribution >= 0.6 is 0 Å². The van der Waals surface area contributed by atoms with E-state index in [9.17, 15) is 4.79 Å². The van der Waals surface area contributed by atoms with E-state index in [4.69, 9.17) is 0 Å². The van der Waals surface area contributed by atoms with Gasteiger partial charge in [-0.1, -0.05) is 31.2 Å². The molecule has 0 fully saturated rings. The Hall–Kier alpha value is -2.43. The van der Waals surface area contributed by atoms with Crippen molar-refractivity contribution in [2.24, 2.45) is 0 Å². The van der Waals surface area contributed by atoms with E-state index in [1.165, 1.54) is 5.56 Å². The molecule has 0 saturated carbocycles. The highest BCUT2D eigenvalue weighted by molar-refractivity contribution is 5.75. The summed E-state index contributed by atoms with van der Waals surface area (Å²) < 4.78 is 1.77. The highest BCUT2D eigenvalue weighted by Crippen LogP contribution is 2.20. The zero-order valence-corrected chi connectivity index (χ0v) is 12.6. The minimum absolute atomic E-state index is 0.0209. The molecule has 1 aliphatic rings. The van der Waals surface area contributed by atoms with Crippen LogP contribution in [0.3, 0.4) is 0 Å². The summed E-state index contributed by atoms with van der Waals surface area (Å²) in [7, 11) is 0. The van der Waals surface area contributed by atoms with Crippen LogP contribution in [0.25, 0.3) is 22.6 Å². The van der Waals surface area contributed by atoms with Crippen LogP contribution in [-0.4, -0.2) is 19.5 Å². The van der Waals surface area contributed by atoms with Crippen LogP contribution < -0.4 is 5.56 Å². The second-order valence-electron chi connectivity index (χ2n) is 5.78. The fourth-order valence-electron chi connectivity index (χ4n) is 3.04. The molecule has 0 unspecified atom stereocenters. The Morgan fingerprint density at radius 1 is 1.18 bits per heavy atom. The molecular formula is C17H18N4O. The monoisotopic (exact) mass is 294 g/mol. The molecule has 3 heterocycles. The maximum atomic E-state index is 12.6. The van der Waals surface area contributed by atoms with Crippen LogP contribution in [0.5, 0.6) is 0 Å². The highest BCUT2D eigenvalue weighted by atomic mass is 16.1. The van der Waals surface area contributed by atoms with Gasteiger partial charge >= 0.3 is 0 Å². The molecule has 0 bridgehead atoms. The van der Waals surface area contributed by atoms with Gasteiger partial charge in [-0.25, -0.2) is 9.97 Å². The first-order valence-corrected chi connectivity index (χ1v) is 7.85. The van der Waals surface area contributed by atoms with E-state index in [-0.39, 0.29) is 5.56 Å². The molecule has 1 aromatic carbocycles. The maximum Gasteiger partial charge on any atom is 0.281 e. The smallest absolute Gasteiger partial charge is 0.281 e. The van der Waals surface area contributed by atoms with E-state index in [1.807, 2.05) is 12.1 Å². The van der Waals surface area contributed by atoms with Gasteiger partial charge in [0.1, 0.15) is 11.6 Å². The van der Waals surface area contributed by atoms with Gasteiger partial charge in [0.2, 0.25) is 0 Å². The predicted molar refractivity (Wildman–Crippen MR) is 85.9 cm³/mol. The number of fused-ring (bicyclic) bond motifs is 2. The summed E-state index contributed by atoms with van der Waals surface area (Å²) in [5.74, 6) is 1.59. The van der Waals surface area contributed by atoms with Gasteiger partial charge in [0.25, 0.3) is 5.56 Å². The van der Waals surface area contributed by atoms with Crippen LogP contribution in [0.1, 0.15) is 31.2 Å². The fourth-order valence-corrected chi connectivity index (χ4v) is 3.04. The molecule has 0 spiro atoms. The van der Waals surface area contributed by atoms with E-state index in [0.717, 1.165) is 43.6 Å². The lowest BCUT2D eigenvalue weighted by Gasteiger charge is -2.16. The molecule has 5 nitrogen and oxygen atoms in total. The number of aryl methyl sites for hydroxylation is 2. The number of nitrogens with zero attached hydrogens (tertiary/aromatic N) is 3. The van der Waals surface area contributed by atoms with Gasteiger partial charge in [-0.3, -0.25) is 9.36 Å². The lowest BCUT2D eigenvalue weighted by Crippen LogP contribution is -2.28. The van der Waals surface area contributed by atoms with Crippen molar-refractivity contribution in [3.05, 3.63) is 46.0 Å². The molecule has 2 aromatic heterocycles. The normalized spacial score (nSPS) is 14.2. The first-order chi connectivity index (χ1) is 10.8. The third kappa shape index (κ3) is 2.04. The van der Waals surface area contributed by atoms with Gasteiger partial charge in [-0.2, -0.15) is 0 Å². The number of rotatable bonds is 2. The van der Waals surface area contributed by atoms with Gasteiger partial charge in [-0.05, 0) is 24.8 Å². The fraction of sp³-hybridized carbons (Fsp3) is 0.353. The molecule has 1 N–H and O–H groups in total. The largest absolute Gasteiger partial charge is 0.322 e. The van der Waals surface area contributed by atoms with E-state index < -0.39 is 0 Å². The Morgan fingerprint density at radius 2 is 2.00 bits per heavy atom. The number of benzene rings is 1. The van der Waals surface area contributed by atoms with Crippen molar-refractivity contribution < 1.29 is 0 Å². The lowest BCUT2D eigenvalue weighted by atomic mass is 10.1. The van der Waals surface area contributed by atoms with Gasteiger partial charge in [0.15, 0.2) is 11.2 Å². The average Bonchev–Trinajstić information content (AvgIpc) is 2.99. The first-order valence-electron chi connectivity index (χ1n) is 7.85. The Morgan fingerprint density at radius 3 is 2.77 bits per heavy atom. The van der Waals surface area contributed by atoms with E-state index in [2.05, 4.69) is 34.0 Å². The number of aromatic nitrogens is 4. The van der Waals surface area contributed by atoms with Crippen LogP contribution in [0.4, 0.5) is 0 Å². The maximum absolute atomic E-state index is 12.6. The Labute approximate surface area is 128 Å². The Balaban J connectivity index is 1.86. The number of nitrogens with one attached hydrogen (secondary N) is 1. The molecule has 0 atom stereocenters. The second kappa shape index (κ2) is 5.09. The van der Waals surface area contributed by atoms with Crippen molar-refractivity contribution in [1.82, 2.24) is 19.5 Å². The van der Waals surface area contributed by atoms with Gasteiger partial charge in [0.05, 0.1) is 0 Å². The standard InChI is InChI=1S/C17H18N4O/c1-2-11-6-8-12(9-7-11)15-19-14-16(20-15)18-13-5-3-4-10-21(13)17(14)22/h6-9H,2-5,10H2,1H3,(H,19,20). The molecule has 0 aliphatic carbocycles. The number of H-pyrrole nitrogens is 1. The molecule has 3 aromatic rings. The molecule has 5 heteroatoms. The summed E-state index contributed by atoms with van der Waals surface area (Å²) in [4.78, 5) is 24.9. The van der Waals surface area contributed by atoms with Crippen molar-refractivity contribution in [2.75, 3.05) is 0 Å². The third-order valence-electron chi connectivity index (χ3n) is 4.35. The molecule has 0 radical (unpaired) electrons. The summed E-state index contributed by atoms with van der Waals surface area (Å²) in [6.45, 7) is 2.88. The lowest BCUT2D eigenvalue weighted by molar-refractivity contribution is 0.500. The van der Waals surface area contributed by atoms with Crippen LogP contribution in [-0.2, 0) is 19.4 Å². The zero-order valence-electron chi connectivity index (χ0n) is 12.6. The van der Waals surface area contributed by atoms with Gasteiger partial charge in [-0.15, -0.1) is 0 Å². The van der Waals surface area contributed by atoms with Crippen molar-refractivity contribution in [1.29, 1.82) is 0 Å². The van der Waals surface area contributed by atoms with Crippen LogP contribution in [0, 0.1) is 0 Å². The quantitative estimate of drug-likeness (QED) is 0.790. The summed E-state index contributed by atoms with van der Waals surface area (Å²) in [6, 6.07) is 8.25. The number of hydrogen-bond donors (Lipinski definition) is 1. The molecule has 0 amide bonds. The third-order valence-corrected chi connectivity index (χ3v) is 4.35. The van der Waals surface area contributed by atoms with E-state index in [1.54, 1.807) is 4.57 Å². The molecule has 1 aliphatic heterocycles. The number of hydrogen-bond acceptors (Lipinski definition) is 3. The number of aromatic amines is 1. The molecule has 4 rings (SSSR count). The molecule has 0 saturated heterocycles. The SMILES string of the molecule is CCc1ccc(-c2nc3c(=O)n4c(nc3[nH]2)CCCC4)cc1. The van der Waals surface area contributed by atoms with Gasteiger partial charge < -0.3 is 4.98 Å². The van der Waals surface area contributed by atoms with Crippen molar-refractivity contribution >= 4 is 11.2 Å². The van der Waals surface area contributed by atoms with E-state index >= 15 is 0 Å². The zero-order chi connectivity index (χ0) is 15.1.